The number of rotatable bonds is 0. The molecule has 0 aliphatic heterocycles. The van der Waals surface area contributed by atoms with Crippen molar-refractivity contribution in [1.82, 2.24) is 0 Å². The van der Waals surface area contributed by atoms with E-state index in [1.807, 2.05) is 6.07 Å². The molecule has 0 N–H and O–H groups in total. The van der Waals surface area contributed by atoms with E-state index in [0.717, 1.165) is 0 Å². The Balaban J connectivity index is 3.13. The predicted octanol–water partition coefficient (Wildman–Crippen LogP) is 0.544. The van der Waals surface area contributed by atoms with Crippen LogP contribution in [-0.2, 0) is 0 Å². The molecule has 0 saturated carbocycles. The standard InChI is InChI=1S/C4H3Te/c1-2-4-5-3-1/h1-3H. The van der Waals surface area contributed by atoms with Gasteiger partial charge >= 0.3 is 40.7 Å². The summed E-state index contributed by atoms with van der Waals surface area (Å²) in [4.78, 5) is 0. The van der Waals surface area contributed by atoms with Crippen molar-refractivity contribution in [1.29, 1.82) is 0 Å². The molecule has 1 aromatic heterocycles. The second kappa shape index (κ2) is 1.64. The van der Waals surface area contributed by atoms with Crippen LogP contribution >= 0.6 is 0 Å². The van der Waals surface area contributed by atoms with Gasteiger partial charge in [-0.05, 0) is 0 Å². The molecule has 1 rings (SSSR count). The Morgan fingerprint density at radius 3 is 2.80 bits per heavy atom. The van der Waals surface area contributed by atoms with Crippen molar-refractivity contribution in [3.05, 3.63) is 20.3 Å². The molecule has 0 aliphatic rings. The van der Waals surface area contributed by atoms with Crippen molar-refractivity contribution in [2.45, 2.75) is 0 Å². The van der Waals surface area contributed by atoms with Crippen LogP contribution in [0.2, 0.25) is 0 Å². The average Bonchev–Trinajstić information content (AvgIpc) is 1.76. The van der Waals surface area contributed by atoms with E-state index in [0.29, 0.717) is 0 Å². The van der Waals surface area contributed by atoms with Crippen molar-refractivity contribution in [2.75, 3.05) is 0 Å². The fourth-order valence-electron chi connectivity index (χ4n) is 0.196. The number of hydrogen-bond acceptors (Lipinski definition) is 0. The van der Waals surface area contributed by atoms with Gasteiger partial charge in [-0.15, -0.1) is 0 Å². The van der Waals surface area contributed by atoms with Crippen molar-refractivity contribution in [3.63, 3.8) is 0 Å². The zero-order valence-corrected chi connectivity index (χ0v) is 4.97. The first-order valence-corrected chi connectivity index (χ1v) is 3.91. The first kappa shape index (κ1) is 3.46. The van der Waals surface area contributed by atoms with Gasteiger partial charge in [0.25, 0.3) is 0 Å². The maximum absolute atomic E-state index is 3.12. The molecule has 1 aromatic rings. The molecule has 0 saturated heterocycles. The third-order valence-corrected chi connectivity index (χ3v) is 1.99. The third-order valence-electron chi connectivity index (χ3n) is 0.379. The molecule has 5 heavy (non-hydrogen) atoms. The molecule has 0 fully saturated rings. The summed E-state index contributed by atoms with van der Waals surface area (Å²) in [6, 6.07) is 4.05. The van der Waals surface area contributed by atoms with E-state index >= 15 is 0 Å². The van der Waals surface area contributed by atoms with Gasteiger partial charge in [-0.2, -0.15) is 0 Å². The molecule has 1 heterocycles. The first-order chi connectivity index (χ1) is 2.50. The van der Waals surface area contributed by atoms with Crippen molar-refractivity contribution >= 4 is 20.4 Å². The first-order valence-electron chi connectivity index (χ1n) is 1.40. The zero-order valence-electron chi connectivity index (χ0n) is 2.64. The van der Waals surface area contributed by atoms with Gasteiger partial charge in [-0.25, -0.2) is 0 Å². The van der Waals surface area contributed by atoms with Crippen LogP contribution in [-0.4, -0.2) is 20.4 Å². The zero-order chi connectivity index (χ0) is 3.54. The molecule has 0 aromatic carbocycles. The van der Waals surface area contributed by atoms with Crippen LogP contribution in [0.3, 0.4) is 0 Å². The van der Waals surface area contributed by atoms with Crippen LogP contribution in [0.1, 0.15) is 0 Å². The van der Waals surface area contributed by atoms with Crippen LogP contribution < -0.4 is 0 Å². The summed E-state index contributed by atoms with van der Waals surface area (Å²) in [5.41, 5.74) is 0. The Morgan fingerprint density at radius 2 is 2.60 bits per heavy atom. The van der Waals surface area contributed by atoms with E-state index < -0.39 is 0 Å². The summed E-state index contributed by atoms with van der Waals surface area (Å²) in [5.74, 6) is 0. The molecule has 1 heteroatoms. The second-order valence-electron chi connectivity index (χ2n) is 0.731. The topological polar surface area (TPSA) is 0 Å². The van der Waals surface area contributed by atoms with Gasteiger partial charge in [0.05, 0.1) is 0 Å². The van der Waals surface area contributed by atoms with Gasteiger partial charge in [0.15, 0.2) is 0 Å². The Kier molecular flexibility index (Phi) is 1.14. The SMILES string of the molecule is [c]1ccc[te]1. The third kappa shape index (κ3) is 0.792. The molecular weight excluding hydrogens is 176 g/mol. The molecule has 0 aliphatic carbocycles. The van der Waals surface area contributed by atoms with Crippen LogP contribution in [0.25, 0.3) is 0 Å². The normalized spacial score (nSPS) is 8.00. The van der Waals surface area contributed by atoms with E-state index in [2.05, 4.69) is 14.2 Å². The molecule has 0 atom stereocenters. The second-order valence-corrected chi connectivity index (χ2v) is 2.85. The maximum atomic E-state index is 3.12. The summed E-state index contributed by atoms with van der Waals surface area (Å²) < 4.78 is 5.32. The van der Waals surface area contributed by atoms with E-state index in [-0.39, 0.29) is 20.4 Å². The molecule has 0 amide bonds. The van der Waals surface area contributed by atoms with Crippen LogP contribution in [0.4, 0.5) is 0 Å². The van der Waals surface area contributed by atoms with Crippen molar-refractivity contribution < 1.29 is 0 Å². The Bertz CT molecular complexity index is 60.1. The fraction of sp³-hybridized carbons (Fsp3) is 0. The summed E-state index contributed by atoms with van der Waals surface area (Å²) in [6.45, 7) is 0. The fourth-order valence-corrected chi connectivity index (χ4v) is 1.32. The van der Waals surface area contributed by atoms with Gasteiger partial charge in [0.2, 0.25) is 0 Å². The summed E-state index contributed by atoms with van der Waals surface area (Å²) in [5, 5.41) is 0. The van der Waals surface area contributed by atoms with Crippen LogP contribution in [0.5, 0.6) is 0 Å². The Hall–Kier alpha value is 0.270. The van der Waals surface area contributed by atoms with Crippen LogP contribution in [0, 0.1) is 4.08 Å². The van der Waals surface area contributed by atoms with Gasteiger partial charge in [0, 0.05) is 0 Å². The van der Waals surface area contributed by atoms with Gasteiger partial charge in [0.1, 0.15) is 0 Å². The average molecular weight is 179 g/mol. The Morgan fingerprint density at radius 1 is 1.60 bits per heavy atom. The predicted molar refractivity (Wildman–Crippen MR) is 22.2 cm³/mol. The van der Waals surface area contributed by atoms with E-state index in [9.17, 15) is 0 Å². The summed E-state index contributed by atoms with van der Waals surface area (Å²) >= 11 is 0.118. The molecule has 0 bridgehead atoms. The van der Waals surface area contributed by atoms with Crippen LogP contribution in [0.15, 0.2) is 16.2 Å². The van der Waals surface area contributed by atoms with E-state index in [1.54, 1.807) is 0 Å². The van der Waals surface area contributed by atoms with Crippen molar-refractivity contribution in [2.24, 2.45) is 0 Å². The number of hydrogen-bond donors (Lipinski definition) is 0. The molecule has 0 unspecified atom stereocenters. The van der Waals surface area contributed by atoms with Crippen molar-refractivity contribution in [3.8, 4) is 0 Å². The summed E-state index contributed by atoms with van der Waals surface area (Å²) in [6.07, 6.45) is 0. The molecular formula is C4H3Te. The van der Waals surface area contributed by atoms with Gasteiger partial charge in [-0.3, -0.25) is 0 Å². The monoisotopic (exact) mass is 181 g/mol. The minimum absolute atomic E-state index is 0.118. The van der Waals surface area contributed by atoms with Gasteiger partial charge in [-0.1, -0.05) is 0 Å². The van der Waals surface area contributed by atoms with E-state index in [4.69, 9.17) is 0 Å². The van der Waals surface area contributed by atoms with E-state index in [1.165, 1.54) is 0 Å². The Labute approximate surface area is 41.1 Å². The molecule has 0 spiro atoms. The summed E-state index contributed by atoms with van der Waals surface area (Å²) in [7, 11) is 0. The molecule has 0 nitrogen and oxygen atoms in total. The van der Waals surface area contributed by atoms with Gasteiger partial charge < -0.3 is 0 Å². The molecule has 25 valence electrons. The quantitative estimate of drug-likeness (QED) is 0.509. The minimum atomic E-state index is 0.118. The molecule has 1 radical (unpaired) electrons.